The van der Waals surface area contributed by atoms with E-state index in [0.717, 1.165) is 12.8 Å². The predicted octanol–water partition coefficient (Wildman–Crippen LogP) is 5.01. The van der Waals surface area contributed by atoms with Gasteiger partial charge in [-0.25, -0.2) is 0 Å². The highest BCUT2D eigenvalue weighted by Crippen LogP contribution is 2.25. The van der Waals surface area contributed by atoms with Crippen LogP contribution in [-0.4, -0.2) is 33.4 Å². The molecule has 0 aromatic carbocycles. The monoisotopic (exact) mass is 442 g/mol. The van der Waals surface area contributed by atoms with Crippen LogP contribution >= 0.6 is 0 Å². The fourth-order valence-corrected chi connectivity index (χ4v) is 4.09. The average Bonchev–Trinajstić information content (AvgIpc) is 2.60. The van der Waals surface area contributed by atoms with Gasteiger partial charge < -0.3 is 26.8 Å². The third-order valence-corrected chi connectivity index (χ3v) is 5.76. The van der Waals surface area contributed by atoms with Gasteiger partial charge in [0.1, 0.15) is 0 Å². The molecule has 0 spiro atoms. The number of halogens is 2. The zero-order valence-electron chi connectivity index (χ0n) is 19.5. The Morgan fingerprint density at radius 3 is 1.20 bits per heavy atom. The highest BCUT2D eigenvalue weighted by molar-refractivity contribution is 4.86. The molecule has 0 amide bonds. The SMILES string of the molecule is CCCCCCCCCCCCCCCCCCC(N)(CCN)CC(O)(O)O.F.F. The quantitative estimate of drug-likeness (QED) is 0.127. The Morgan fingerprint density at radius 1 is 0.567 bits per heavy atom. The number of rotatable bonds is 21. The fraction of sp³-hybridized carbons (Fsp3) is 1.00. The highest BCUT2D eigenvalue weighted by Gasteiger charge is 2.33. The number of aliphatic hydroxyl groups is 3. The van der Waals surface area contributed by atoms with Gasteiger partial charge in [-0.05, 0) is 19.4 Å². The van der Waals surface area contributed by atoms with Gasteiger partial charge in [0, 0.05) is 12.0 Å². The zero-order valence-corrected chi connectivity index (χ0v) is 19.5. The number of hydrogen-bond acceptors (Lipinski definition) is 5. The van der Waals surface area contributed by atoms with Crippen molar-refractivity contribution >= 4 is 0 Å². The van der Waals surface area contributed by atoms with Crippen molar-refractivity contribution in [1.29, 1.82) is 0 Å². The van der Waals surface area contributed by atoms with Crippen molar-refractivity contribution < 1.29 is 24.7 Å². The van der Waals surface area contributed by atoms with E-state index < -0.39 is 11.5 Å². The summed E-state index contributed by atoms with van der Waals surface area (Å²) < 4.78 is 0. The molecular formula is C23H52F2N2O3. The summed E-state index contributed by atoms with van der Waals surface area (Å²) in [4.78, 5) is 0. The maximum Gasteiger partial charge on any atom is 0.277 e. The summed E-state index contributed by atoms with van der Waals surface area (Å²) in [5.41, 5.74) is 11.0. The van der Waals surface area contributed by atoms with Crippen molar-refractivity contribution in [2.45, 2.75) is 140 Å². The second kappa shape index (κ2) is 21.9. The molecule has 1 atom stereocenters. The lowest BCUT2D eigenvalue weighted by Gasteiger charge is -2.32. The summed E-state index contributed by atoms with van der Waals surface area (Å²) in [6.07, 6.45) is 22.0. The van der Waals surface area contributed by atoms with Crippen molar-refractivity contribution in [2.24, 2.45) is 11.5 Å². The van der Waals surface area contributed by atoms with Crippen molar-refractivity contribution in [3.63, 3.8) is 0 Å². The molecule has 0 saturated heterocycles. The summed E-state index contributed by atoms with van der Waals surface area (Å²) in [5.74, 6) is -2.71. The molecule has 186 valence electrons. The summed E-state index contributed by atoms with van der Waals surface area (Å²) in [6.45, 7) is 2.65. The second-order valence-corrected chi connectivity index (χ2v) is 8.91. The molecule has 0 radical (unpaired) electrons. The van der Waals surface area contributed by atoms with E-state index in [-0.39, 0.29) is 15.8 Å². The van der Waals surface area contributed by atoms with Gasteiger partial charge in [-0.15, -0.1) is 0 Å². The molecule has 0 saturated carbocycles. The van der Waals surface area contributed by atoms with Gasteiger partial charge in [0.25, 0.3) is 5.97 Å². The minimum atomic E-state index is -2.71. The molecule has 0 aliphatic heterocycles. The first-order valence-electron chi connectivity index (χ1n) is 12.0. The molecule has 0 heterocycles. The Kier molecular flexibility index (Phi) is 25.0. The maximum atomic E-state index is 9.21. The van der Waals surface area contributed by atoms with Gasteiger partial charge in [-0.3, -0.25) is 9.41 Å². The normalized spacial score (nSPS) is 13.4. The standard InChI is InChI=1S/C23H50N2O3.2FH/c1-2-3-4-5-6-7-8-9-10-11-12-13-14-15-16-17-18-22(25,19-20-24)21-23(26,27)28;;/h26-28H,2-21,24-25H2,1H3;2*1H. The number of unbranched alkanes of at least 4 members (excludes halogenated alkanes) is 15. The lowest BCUT2D eigenvalue weighted by Crippen LogP contribution is -2.49. The van der Waals surface area contributed by atoms with Gasteiger partial charge in [0.05, 0.1) is 0 Å². The van der Waals surface area contributed by atoms with E-state index in [1.807, 2.05) is 0 Å². The lowest BCUT2D eigenvalue weighted by atomic mass is 9.85. The molecule has 30 heavy (non-hydrogen) atoms. The van der Waals surface area contributed by atoms with Gasteiger partial charge in [0.2, 0.25) is 0 Å². The van der Waals surface area contributed by atoms with Crippen molar-refractivity contribution in [3.05, 3.63) is 0 Å². The molecule has 0 aliphatic rings. The molecule has 0 aliphatic carbocycles. The van der Waals surface area contributed by atoms with Crippen LogP contribution in [0, 0.1) is 0 Å². The second-order valence-electron chi connectivity index (χ2n) is 8.91. The Morgan fingerprint density at radius 2 is 0.900 bits per heavy atom. The fourth-order valence-electron chi connectivity index (χ4n) is 4.09. The summed E-state index contributed by atoms with van der Waals surface area (Å²) >= 11 is 0. The molecule has 0 fully saturated rings. The molecule has 7 N–H and O–H groups in total. The minimum Gasteiger partial charge on any atom is -0.344 e. The molecule has 0 rings (SSSR count). The minimum absolute atomic E-state index is 0. The van der Waals surface area contributed by atoms with Crippen LogP contribution in [0.2, 0.25) is 0 Å². The topological polar surface area (TPSA) is 113 Å². The Bertz CT molecular complexity index is 345. The molecule has 0 aromatic rings. The van der Waals surface area contributed by atoms with Crippen molar-refractivity contribution in [2.75, 3.05) is 6.54 Å². The third-order valence-electron chi connectivity index (χ3n) is 5.76. The molecule has 0 bridgehead atoms. The van der Waals surface area contributed by atoms with Gasteiger partial charge in [0.15, 0.2) is 0 Å². The first-order chi connectivity index (χ1) is 13.3. The van der Waals surface area contributed by atoms with Crippen LogP contribution in [0.3, 0.4) is 0 Å². The average molecular weight is 443 g/mol. The molecule has 7 heteroatoms. The van der Waals surface area contributed by atoms with E-state index >= 15 is 0 Å². The molecule has 5 nitrogen and oxygen atoms in total. The smallest absolute Gasteiger partial charge is 0.277 e. The van der Waals surface area contributed by atoms with Gasteiger partial charge in [-0.2, -0.15) is 0 Å². The molecule has 1 unspecified atom stereocenters. The Hall–Kier alpha value is -0.340. The molecular weight excluding hydrogens is 390 g/mol. The third kappa shape index (κ3) is 23.9. The summed E-state index contributed by atoms with van der Waals surface area (Å²) in [6, 6.07) is 0. The largest absolute Gasteiger partial charge is 0.344 e. The van der Waals surface area contributed by atoms with Gasteiger partial charge in [-0.1, -0.05) is 110 Å². The Labute approximate surface area is 183 Å². The number of nitrogens with two attached hydrogens (primary N) is 2. The van der Waals surface area contributed by atoms with E-state index in [1.165, 1.54) is 89.9 Å². The predicted molar refractivity (Wildman–Crippen MR) is 124 cm³/mol. The summed E-state index contributed by atoms with van der Waals surface area (Å²) in [5, 5.41) is 27.6. The summed E-state index contributed by atoms with van der Waals surface area (Å²) in [7, 11) is 0. The van der Waals surface area contributed by atoms with E-state index in [9.17, 15) is 15.3 Å². The van der Waals surface area contributed by atoms with E-state index in [0.29, 0.717) is 19.4 Å². The Balaban J connectivity index is -0.00000364. The van der Waals surface area contributed by atoms with Crippen LogP contribution in [0.5, 0.6) is 0 Å². The lowest BCUT2D eigenvalue weighted by molar-refractivity contribution is -0.321. The van der Waals surface area contributed by atoms with Crippen molar-refractivity contribution in [1.82, 2.24) is 0 Å². The van der Waals surface area contributed by atoms with E-state index in [2.05, 4.69) is 6.92 Å². The number of hydrogen-bond donors (Lipinski definition) is 5. The van der Waals surface area contributed by atoms with Gasteiger partial charge >= 0.3 is 0 Å². The molecule has 0 aromatic heterocycles. The van der Waals surface area contributed by atoms with Crippen LogP contribution in [0.15, 0.2) is 0 Å². The van der Waals surface area contributed by atoms with Crippen molar-refractivity contribution in [3.8, 4) is 0 Å². The van der Waals surface area contributed by atoms with Crippen LogP contribution in [0.25, 0.3) is 0 Å². The first-order valence-corrected chi connectivity index (χ1v) is 12.0. The highest BCUT2D eigenvalue weighted by atomic mass is 19.0. The van der Waals surface area contributed by atoms with Crippen LogP contribution in [-0.2, 0) is 0 Å². The van der Waals surface area contributed by atoms with Crippen LogP contribution in [0.4, 0.5) is 9.41 Å². The zero-order chi connectivity index (χ0) is 21.1. The van der Waals surface area contributed by atoms with E-state index in [1.54, 1.807) is 0 Å². The van der Waals surface area contributed by atoms with E-state index in [4.69, 9.17) is 11.5 Å². The van der Waals surface area contributed by atoms with Crippen LogP contribution in [0.1, 0.15) is 129 Å². The van der Waals surface area contributed by atoms with Crippen LogP contribution < -0.4 is 11.5 Å². The first kappa shape index (κ1) is 34.3. The maximum absolute atomic E-state index is 9.21.